The molecule has 5 heteroatoms. The zero-order valence-corrected chi connectivity index (χ0v) is 19.5. The SMILES string of the molecule is CC(C)CCCCCCCC(CC(=O)O[Si](C)(C)C)O[Si](C)(C)C. The van der Waals surface area contributed by atoms with Crippen molar-refractivity contribution < 1.29 is 13.6 Å². The third-order valence-corrected chi connectivity index (χ3v) is 5.52. The summed E-state index contributed by atoms with van der Waals surface area (Å²) in [6.45, 7) is 17.3. The minimum Gasteiger partial charge on any atom is -0.520 e. The fraction of sp³-hybridized carbons (Fsp3) is 0.947. The van der Waals surface area contributed by atoms with E-state index < -0.39 is 16.6 Å². The van der Waals surface area contributed by atoms with Crippen LogP contribution >= 0.6 is 0 Å². The average Bonchev–Trinajstić information content (AvgIpc) is 2.32. The van der Waals surface area contributed by atoms with Gasteiger partial charge in [0.2, 0.25) is 8.32 Å². The zero-order chi connectivity index (χ0) is 18.8. The van der Waals surface area contributed by atoms with E-state index in [1.54, 1.807) is 0 Å². The molecule has 0 heterocycles. The molecule has 0 aliphatic rings. The Morgan fingerprint density at radius 1 is 0.792 bits per heavy atom. The summed E-state index contributed by atoms with van der Waals surface area (Å²) < 4.78 is 11.8. The topological polar surface area (TPSA) is 35.5 Å². The Hall–Kier alpha value is -0.136. The Bertz CT molecular complexity index is 344. The molecule has 1 atom stereocenters. The largest absolute Gasteiger partial charge is 0.520 e. The van der Waals surface area contributed by atoms with Crippen LogP contribution in [0.5, 0.6) is 0 Å². The van der Waals surface area contributed by atoms with Gasteiger partial charge >= 0.3 is 0 Å². The predicted octanol–water partition coefficient (Wildman–Crippen LogP) is 6.36. The quantitative estimate of drug-likeness (QED) is 0.278. The monoisotopic (exact) mass is 374 g/mol. The van der Waals surface area contributed by atoms with Crippen LogP contribution in [0.4, 0.5) is 0 Å². The molecule has 0 N–H and O–H groups in total. The van der Waals surface area contributed by atoms with Crippen molar-refractivity contribution in [3.8, 4) is 0 Å². The Morgan fingerprint density at radius 3 is 1.75 bits per heavy atom. The lowest BCUT2D eigenvalue weighted by molar-refractivity contribution is -0.137. The molecule has 0 fully saturated rings. The second-order valence-corrected chi connectivity index (χ2v) is 18.3. The van der Waals surface area contributed by atoms with E-state index in [0.29, 0.717) is 6.42 Å². The summed E-state index contributed by atoms with van der Waals surface area (Å²) >= 11 is 0. The Morgan fingerprint density at radius 2 is 1.29 bits per heavy atom. The smallest absolute Gasteiger partial charge is 0.295 e. The van der Waals surface area contributed by atoms with E-state index in [9.17, 15) is 4.79 Å². The van der Waals surface area contributed by atoms with Crippen molar-refractivity contribution in [1.29, 1.82) is 0 Å². The van der Waals surface area contributed by atoms with Crippen molar-refractivity contribution in [1.82, 2.24) is 0 Å². The van der Waals surface area contributed by atoms with Crippen LogP contribution in [-0.2, 0) is 13.6 Å². The third-order valence-electron chi connectivity index (χ3n) is 3.64. The molecule has 144 valence electrons. The zero-order valence-electron chi connectivity index (χ0n) is 17.5. The summed E-state index contributed by atoms with van der Waals surface area (Å²) in [4.78, 5) is 12.1. The maximum atomic E-state index is 12.1. The number of hydrogen-bond donors (Lipinski definition) is 0. The highest BCUT2D eigenvalue weighted by Gasteiger charge is 2.26. The van der Waals surface area contributed by atoms with Gasteiger partial charge in [0.1, 0.15) is 0 Å². The van der Waals surface area contributed by atoms with E-state index in [4.69, 9.17) is 8.85 Å². The van der Waals surface area contributed by atoms with Gasteiger partial charge in [0, 0.05) is 0 Å². The lowest BCUT2D eigenvalue weighted by Gasteiger charge is -2.27. The molecule has 0 spiro atoms. The molecule has 0 saturated carbocycles. The van der Waals surface area contributed by atoms with E-state index in [2.05, 4.69) is 53.1 Å². The van der Waals surface area contributed by atoms with E-state index in [1.165, 1.54) is 32.1 Å². The molecule has 0 aromatic rings. The number of carbonyl (C=O) groups excluding carboxylic acids is 1. The van der Waals surface area contributed by atoms with E-state index >= 15 is 0 Å². The first kappa shape index (κ1) is 23.9. The summed E-state index contributed by atoms with van der Waals surface area (Å²) in [7, 11) is -3.44. The molecule has 0 aromatic heterocycles. The molecule has 0 aromatic carbocycles. The number of carbonyl (C=O) groups is 1. The third kappa shape index (κ3) is 16.7. The van der Waals surface area contributed by atoms with Crippen molar-refractivity contribution in [3.05, 3.63) is 0 Å². The van der Waals surface area contributed by atoms with Crippen molar-refractivity contribution in [2.45, 2.75) is 111 Å². The molecule has 1 unspecified atom stereocenters. The van der Waals surface area contributed by atoms with Crippen molar-refractivity contribution >= 4 is 22.6 Å². The van der Waals surface area contributed by atoms with Gasteiger partial charge in [0.15, 0.2) is 8.32 Å². The molecule has 24 heavy (non-hydrogen) atoms. The second-order valence-electron chi connectivity index (χ2n) is 9.38. The highest BCUT2D eigenvalue weighted by molar-refractivity contribution is 6.71. The van der Waals surface area contributed by atoms with Gasteiger partial charge in [-0.2, -0.15) is 0 Å². The van der Waals surface area contributed by atoms with Gasteiger partial charge in [-0.3, -0.25) is 4.79 Å². The molecule has 0 rings (SSSR count). The van der Waals surface area contributed by atoms with Crippen LogP contribution in [0.2, 0.25) is 39.3 Å². The maximum absolute atomic E-state index is 12.1. The van der Waals surface area contributed by atoms with Gasteiger partial charge in [0.05, 0.1) is 12.5 Å². The first-order chi connectivity index (χ1) is 10.9. The molecule has 0 aliphatic carbocycles. The van der Waals surface area contributed by atoms with Crippen LogP contribution in [0.3, 0.4) is 0 Å². The maximum Gasteiger partial charge on any atom is 0.295 e. The summed E-state index contributed by atoms with van der Waals surface area (Å²) in [5.41, 5.74) is 0. The Kier molecular flexibility index (Phi) is 11.4. The normalized spacial score (nSPS) is 14.0. The molecule has 0 aliphatic heterocycles. The number of rotatable bonds is 13. The standard InChI is InChI=1S/C19H42O3Si2/c1-17(2)14-12-10-9-11-13-15-18(21-23(3,4)5)16-19(20)22-24(6,7)8/h17-18H,9-16H2,1-8H3. The van der Waals surface area contributed by atoms with Gasteiger partial charge in [0.25, 0.3) is 5.97 Å². The molecular formula is C19H42O3Si2. The highest BCUT2D eigenvalue weighted by atomic mass is 28.4. The van der Waals surface area contributed by atoms with E-state index in [1.807, 2.05) is 0 Å². The molecule has 0 saturated heterocycles. The molecule has 0 radical (unpaired) electrons. The van der Waals surface area contributed by atoms with Crippen molar-refractivity contribution in [3.63, 3.8) is 0 Å². The van der Waals surface area contributed by atoms with Crippen LogP contribution in [0.1, 0.15) is 65.2 Å². The predicted molar refractivity (Wildman–Crippen MR) is 109 cm³/mol. The molecular weight excluding hydrogens is 332 g/mol. The summed E-state index contributed by atoms with van der Waals surface area (Å²) in [5.74, 6) is 0.742. The summed E-state index contributed by atoms with van der Waals surface area (Å²) in [6.07, 6.45) is 9.14. The minimum atomic E-state index is -1.80. The first-order valence-electron chi connectivity index (χ1n) is 9.79. The van der Waals surface area contributed by atoms with Crippen molar-refractivity contribution in [2.24, 2.45) is 5.92 Å². The fourth-order valence-electron chi connectivity index (χ4n) is 2.73. The van der Waals surface area contributed by atoms with Crippen LogP contribution in [0.15, 0.2) is 0 Å². The summed E-state index contributed by atoms with van der Waals surface area (Å²) in [5, 5.41) is 0. The van der Waals surface area contributed by atoms with Crippen LogP contribution in [0, 0.1) is 5.92 Å². The Labute approximate surface area is 153 Å². The van der Waals surface area contributed by atoms with Crippen LogP contribution < -0.4 is 0 Å². The van der Waals surface area contributed by atoms with Crippen LogP contribution in [-0.4, -0.2) is 28.7 Å². The van der Waals surface area contributed by atoms with Gasteiger partial charge in [-0.15, -0.1) is 0 Å². The lowest BCUT2D eigenvalue weighted by atomic mass is 10.0. The van der Waals surface area contributed by atoms with Crippen LogP contribution in [0.25, 0.3) is 0 Å². The lowest BCUT2D eigenvalue weighted by Crippen LogP contribution is -2.36. The average molecular weight is 375 g/mol. The highest BCUT2D eigenvalue weighted by Crippen LogP contribution is 2.19. The van der Waals surface area contributed by atoms with Gasteiger partial charge in [-0.25, -0.2) is 0 Å². The fourth-order valence-corrected chi connectivity index (χ4v) is 4.69. The molecule has 0 bridgehead atoms. The van der Waals surface area contributed by atoms with Gasteiger partial charge < -0.3 is 8.85 Å². The molecule has 0 amide bonds. The first-order valence-corrected chi connectivity index (χ1v) is 16.6. The molecule has 3 nitrogen and oxygen atoms in total. The van der Waals surface area contributed by atoms with Gasteiger partial charge in [-0.1, -0.05) is 52.4 Å². The number of unbranched alkanes of at least 4 members (excludes halogenated alkanes) is 4. The van der Waals surface area contributed by atoms with Gasteiger partial charge in [-0.05, 0) is 51.6 Å². The summed E-state index contributed by atoms with van der Waals surface area (Å²) in [6, 6.07) is 0. The second kappa shape index (κ2) is 11.5. The van der Waals surface area contributed by atoms with Crippen molar-refractivity contribution in [2.75, 3.05) is 0 Å². The Balaban J connectivity index is 4.16. The minimum absolute atomic E-state index is 0.0381. The van der Waals surface area contributed by atoms with E-state index in [0.717, 1.165) is 18.8 Å². The van der Waals surface area contributed by atoms with E-state index in [-0.39, 0.29) is 12.1 Å². The number of hydrogen-bond acceptors (Lipinski definition) is 3.